The zero-order valence-electron chi connectivity index (χ0n) is 13.5. The van der Waals surface area contributed by atoms with Crippen LogP contribution in [0.15, 0.2) is 36.4 Å². The molecule has 21 heavy (non-hydrogen) atoms. The van der Waals surface area contributed by atoms with Gasteiger partial charge in [-0.25, -0.2) is 0 Å². The molecule has 1 nitrogen and oxygen atoms in total. The number of halogens is 1. The van der Waals surface area contributed by atoms with Gasteiger partial charge in [-0.1, -0.05) is 62.7 Å². The fraction of sp³-hybridized carbons (Fsp3) is 0.368. The third-order valence-corrected chi connectivity index (χ3v) is 4.38. The van der Waals surface area contributed by atoms with E-state index < -0.39 is 0 Å². The average Bonchev–Trinajstić information content (AvgIpc) is 2.41. The molecule has 0 saturated carbocycles. The monoisotopic (exact) mass is 301 g/mol. The van der Waals surface area contributed by atoms with Crippen molar-refractivity contribution in [2.75, 3.05) is 0 Å². The van der Waals surface area contributed by atoms with Crippen LogP contribution in [0.3, 0.4) is 0 Å². The van der Waals surface area contributed by atoms with Crippen molar-refractivity contribution < 1.29 is 0 Å². The summed E-state index contributed by atoms with van der Waals surface area (Å²) in [6.45, 7) is 10.8. The Hall–Kier alpha value is -1.31. The van der Waals surface area contributed by atoms with E-state index in [1.807, 2.05) is 12.1 Å². The van der Waals surface area contributed by atoms with Gasteiger partial charge in [0.25, 0.3) is 0 Å². The van der Waals surface area contributed by atoms with Gasteiger partial charge in [-0.05, 0) is 53.1 Å². The molecule has 0 saturated heterocycles. The first-order valence-corrected chi connectivity index (χ1v) is 7.71. The van der Waals surface area contributed by atoms with E-state index >= 15 is 0 Å². The van der Waals surface area contributed by atoms with Crippen LogP contribution in [0.5, 0.6) is 0 Å². The quantitative estimate of drug-likeness (QED) is 0.800. The minimum absolute atomic E-state index is 0.0560. The van der Waals surface area contributed by atoms with Crippen molar-refractivity contribution in [3.8, 4) is 0 Å². The maximum Gasteiger partial charge on any atom is 0.0569 e. The van der Waals surface area contributed by atoms with Crippen molar-refractivity contribution >= 4 is 11.6 Å². The first kappa shape index (κ1) is 16.1. The Morgan fingerprint density at radius 3 is 2.14 bits per heavy atom. The van der Waals surface area contributed by atoms with Crippen molar-refractivity contribution in [2.45, 2.75) is 46.1 Å². The molecule has 0 bridgehead atoms. The average molecular weight is 302 g/mol. The second kappa shape index (κ2) is 5.82. The number of hydrogen-bond acceptors (Lipinski definition) is 1. The van der Waals surface area contributed by atoms with Gasteiger partial charge in [0.15, 0.2) is 0 Å². The molecule has 0 heterocycles. The lowest BCUT2D eigenvalue weighted by Gasteiger charge is -2.26. The molecule has 0 spiro atoms. The lowest BCUT2D eigenvalue weighted by Crippen LogP contribution is -2.21. The summed E-state index contributed by atoms with van der Waals surface area (Å²) >= 11 is 6.43. The van der Waals surface area contributed by atoms with E-state index in [2.05, 4.69) is 58.9 Å². The van der Waals surface area contributed by atoms with Gasteiger partial charge in [0, 0.05) is 5.02 Å². The molecule has 0 amide bonds. The van der Waals surface area contributed by atoms with E-state index in [0.29, 0.717) is 0 Å². The number of hydrogen-bond donors (Lipinski definition) is 1. The first-order valence-electron chi connectivity index (χ1n) is 7.33. The van der Waals surface area contributed by atoms with Gasteiger partial charge in [-0.2, -0.15) is 0 Å². The van der Waals surface area contributed by atoms with Gasteiger partial charge in [0.1, 0.15) is 0 Å². The van der Waals surface area contributed by atoms with E-state index in [1.54, 1.807) is 0 Å². The minimum atomic E-state index is -0.202. The van der Waals surface area contributed by atoms with Gasteiger partial charge in [-0.3, -0.25) is 0 Å². The maximum absolute atomic E-state index is 6.55. The molecule has 2 aromatic rings. The third kappa shape index (κ3) is 3.30. The molecular formula is C19H24ClN. The molecule has 0 aliphatic heterocycles. The van der Waals surface area contributed by atoms with Crippen LogP contribution >= 0.6 is 11.6 Å². The van der Waals surface area contributed by atoms with Crippen LogP contribution < -0.4 is 5.73 Å². The maximum atomic E-state index is 6.55. The van der Waals surface area contributed by atoms with Crippen LogP contribution in [-0.4, -0.2) is 0 Å². The Morgan fingerprint density at radius 2 is 1.52 bits per heavy atom. The van der Waals surface area contributed by atoms with Crippen molar-refractivity contribution in [1.29, 1.82) is 0 Å². The zero-order chi connectivity index (χ0) is 15.8. The summed E-state index contributed by atoms with van der Waals surface area (Å²) in [6.07, 6.45) is 0. The standard InChI is InChI=1S/C19H24ClN/c1-12-10-15(17(20)11-13(12)2)18(21)14-8-6-7-9-16(14)19(3,4)5/h6-11,18H,21H2,1-5H3. The summed E-state index contributed by atoms with van der Waals surface area (Å²) in [6, 6.07) is 12.3. The predicted octanol–water partition coefficient (Wildman–Crippen LogP) is 5.30. The first-order chi connectivity index (χ1) is 9.71. The van der Waals surface area contributed by atoms with Gasteiger partial charge < -0.3 is 5.73 Å². The number of rotatable bonds is 2. The highest BCUT2D eigenvalue weighted by Gasteiger charge is 2.22. The summed E-state index contributed by atoms with van der Waals surface area (Å²) in [5.41, 5.74) is 12.4. The summed E-state index contributed by atoms with van der Waals surface area (Å²) in [5.74, 6) is 0. The minimum Gasteiger partial charge on any atom is -0.320 e. The van der Waals surface area contributed by atoms with Crippen LogP contribution in [0.2, 0.25) is 5.02 Å². The highest BCUT2D eigenvalue weighted by atomic mass is 35.5. The Morgan fingerprint density at radius 1 is 0.952 bits per heavy atom. The fourth-order valence-electron chi connectivity index (χ4n) is 2.66. The van der Waals surface area contributed by atoms with Crippen molar-refractivity contribution in [3.05, 3.63) is 69.2 Å². The molecule has 2 rings (SSSR count). The Kier molecular flexibility index (Phi) is 4.46. The summed E-state index contributed by atoms with van der Waals surface area (Å²) in [5, 5.41) is 0.745. The van der Waals surface area contributed by atoms with Crippen LogP contribution in [-0.2, 0) is 5.41 Å². The normalized spacial score (nSPS) is 13.3. The van der Waals surface area contributed by atoms with E-state index in [4.69, 9.17) is 17.3 Å². The number of nitrogens with two attached hydrogens (primary N) is 1. The molecule has 0 aromatic heterocycles. The predicted molar refractivity (Wildman–Crippen MR) is 92.1 cm³/mol. The van der Waals surface area contributed by atoms with Gasteiger partial charge in [0.2, 0.25) is 0 Å². The van der Waals surface area contributed by atoms with E-state index in [1.165, 1.54) is 16.7 Å². The van der Waals surface area contributed by atoms with Crippen LogP contribution in [0.4, 0.5) is 0 Å². The van der Waals surface area contributed by atoms with Gasteiger partial charge in [0.05, 0.1) is 6.04 Å². The SMILES string of the molecule is Cc1cc(Cl)c(C(N)c2ccccc2C(C)(C)C)cc1C. The second-order valence-electron chi connectivity index (χ2n) is 6.77. The molecule has 1 atom stereocenters. The van der Waals surface area contributed by atoms with Crippen molar-refractivity contribution in [1.82, 2.24) is 0 Å². The molecule has 0 aliphatic rings. The highest BCUT2D eigenvalue weighted by molar-refractivity contribution is 6.31. The van der Waals surface area contributed by atoms with Gasteiger partial charge >= 0.3 is 0 Å². The van der Waals surface area contributed by atoms with Crippen molar-refractivity contribution in [3.63, 3.8) is 0 Å². The molecule has 0 fully saturated rings. The Balaban J connectivity index is 2.56. The lowest BCUT2D eigenvalue weighted by atomic mass is 9.80. The van der Waals surface area contributed by atoms with Crippen LogP contribution in [0.1, 0.15) is 54.6 Å². The van der Waals surface area contributed by atoms with Crippen LogP contribution in [0.25, 0.3) is 0 Å². The molecule has 0 aliphatic carbocycles. The lowest BCUT2D eigenvalue weighted by molar-refractivity contribution is 0.578. The van der Waals surface area contributed by atoms with Crippen molar-refractivity contribution in [2.24, 2.45) is 5.73 Å². The Labute approximate surface area is 133 Å². The fourth-order valence-corrected chi connectivity index (χ4v) is 3.00. The van der Waals surface area contributed by atoms with E-state index in [-0.39, 0.29) is 11.5 Å². The molecule has 2 N–H and O–H groups in total. The van der Waals surface area contributed by atoms with E-state index in [0.717, 1.165) is 16.1 Å². The van der Waals surface area contributed by atoms with Crippen LogP contribution in [0, 0.1) is 13.8 Å². The molecular weight excluding hydrogens is 278 g/mol. The van der Waals surface area contributed by atoms with Gasteiger partial charge in [-0.15, -0.1) is 0 Å². The smallest absolute Gasteiger partial charge is 0.0569 e. The molecule has 2 aromatic carbocycles. The second-order valence-corrected chi connectivity index (χ2v) is 7.18. The zero-order valence-corrected chi connectivity index (χ0v) is 14.3. The number of benzene rings is 2. The summed E-state index contributed by atoms with van der Waals surface area (Å²) in [7, 11) is 0. The summed E-state index contributed by atoms with van der Waals surface area (Å²) < 4.78 is 0. The van der Waals surface area contributed by atoms with E-state index in [9.17, 15) is 0 Å². The summed E-state index contributed by atoms with van der Waals surface area (Å²) in [4.78, 5) is 0. The Bertz CT molecular complexity index is 653. The highest BCUT2D eigenvalue weighted by Crippen LogP contribution is 2.34. The third-order valence-electron chi connectivity index (χ3n) is 4.05. The molecule has 2 heteroatoms. The topological polar surface area (TPSA) is 26.0 Å². The molecule has 1 unspecified atom stereocenters. The molecule has 112 valence electrons. The largest absolute Gasteiger partial charge is 0.320 e. The molecule has 0 radical (unpaired) electrons. The number of aryl methyl sites for hydroxylation is 2.